The molecule has 0 N–H and O–H groups in total. The molecule has 8 nitrogen and oxygen atoms in total. The van der Waals surface area contributed by atoms with E-state index in [-0.39, 0.29) is 42.7 Å². The summed E-state index contributed by atoms with van der Waals surface area (Å²) in [5.41, 5.74) is 0. The topological polar surface area (TPSA) is 102 Å². The number of carboxylic acids is 1. The minimum absolute atomic E-state index is 0.0377. The van der Waals surface area contributed by atoms with E-state index >= 15 is 0 Å². The van der Waals surface area contributed by atoms with Crippen LogP contribution in [0.4, 0.5) is 0 Å². The van der Waals surface area contributed by atoms with E-state index in [9.17, 15) is 19.5 Å². The van der Waals surface area contributed by atoms with Gasteiger partial charge in [0.15, 0.2) is 6.10 Å². The molecule has 306 valence electrons. The largest absolute Gasteiger partial charge is 0.544 e. The minimum Gasteiger partial charge on any atom is -0.544 e. The number of hydrogen-bond acceptors (Lipinski definition) is 7. The van der Waals surface area contributed by atoms with Crippen LogP contribution in [-0.2, 0) is 28.6 Å². The highest BCUT2D eigenvalue weighted by molar-refractivity contribution is 5.70. The zero-order chi connectivity index (χ0) is 39.3. The van der Waals surface area contributed by atoms with E-state index in [1.54, 1.807) is 21.1 Å². The minimum atomic E-state index is -1.13. The number of carbonyl (C=O) groups excluding carboxylic acids is 3. The number of carbonyl (C=O) groups is 3. The summed E-state index contributed by atoms with van der Waals surface area (Å²) in [5.74, 6) is -1.75. The Morgan fingerprint density at radius 1 is 0.585 bits per heavy atom. The van der Waals surface area contributed by atoms with Crippen LogP contribution >= 0.6 is 0 Å². The molecule has 2 atom stereocenters. The number of rotatable bonds is 37. The molecular weight excluding hydrogens is 666 g/mol. The van der Waals surface area contributed by atoms with Crippen LogP contribution in [0.1, 0.15) is 168 Å². The van der Waals surface area contributed by atoms with E-state index in [2.05, 4.69) is 62.5 Å². The zero-order valence-electron chi connectivity index (χ0n) is 34.7. The van der Waals surface area contributed by atoms with Crippen LogP contribution in [-0.4, -0.2) is 75.5 Å². The molecule has 0 bridgehead atoms. The molecule has 0 aromatic heterocycles. The summed E-state index contributed by atoms with van der Waals surface area (Å²) >= 11 is 0. The van der Waals surface area contributed by atoms with Crippen molar-refractivity contribution in [2.75, 3.05) is 41.0 Å². The first kappa shape index (κ1) is 50.3. The number of allylic oxidation sites excluding steroid dienone is 8. The third kappa shape index (κ3) is 34.8. The van der Waals surface area contributed by atoms with Crippen molar-refractivity contribution in [3.05, 3.63) is 48.6 Å². The second kappa shape index (κ2) is 36.3. The molecular formula is C45H79NO7. The van der Waals surface area contributed by atoms with E-state index in [0.29, 0.717) is 12.8 Å². The lowest BCUT2D eigenvalue weighted by Gasteiger charge is -2.34. The summed E-state index contributed by atoms with van der Waals surface area (Å²) in [6.45, 7) is 4.50. The van der Waals surface area contributed by atoms with Crippen molar-refractivity contribution in [1.29, 1.82) is 0 Å². The van der Waals surface area contributed by atoms with Gasteiger partial charge in [-0.05, 0) is 51.4 Å². The Kier molecular flexibility index (Phi) is 34.4. The van der Waals surface area contributed by atoms with Crippen LogP contribution in [0.15, 0.2) is 48.6 Å². The molecule has 0 saturated carbocycles. The Morgan fingerprint density at radius 2 is 1.06 bits per heavy atom. The fourth-order valence-corrected chi connectivity index (χ4v) is 5.94. The van der Waals surface area contributed by atoms with Crippen LogP contribution in [0.5, 0.6) is 0 Å². The number of carboxylic acid groups (broad SMARTS) is 1. The molecule has 0 fully saturated rings. The van der Waals surface area contributed by atoms with Gasteiger partial charge in [0.05, 0.1) is 40.3 Å². The molecule has 0 radical (unpaired) electrons. The lowest BCUT2D eigenvalue weighted by molar-refractivity contribution is -0.889. The molecule has 53 heavy (non-hydrogen) atoms. The Morgan fingerprint density at radius 3 is 1.57 bits per heavy atom. The van der Waals surface area contributed by atoms with Gasteiger partial charge in [0.1, 0.15) is 12.6 Å². The summed E-state index contributed by atoms with van der Waals surface area (Å²) in [7, 11) is 5.39. The normalized spacial score (nSPS) is 13.5. The SMILES string of the molecule is CC/C=C\C/C=C\C/C=C\C/C=C\CCCCCCCCCCC(=O)OC(COCCC(C(=O)[O-])[N+](C)(C)C)COC(=O)CCCCCCCCCC. The predicted octanol–water partition coefficient (Wildman–Crippen LogP) is 9.91. The number of ether oxygens (including phenoxy) is 3. The van der Waals surface area contributed by atoms with Gasteiger partial charge in [-0.1, -0.05) is 146 Å². The highest BCUT2D eigenvalue weighted by Gasteiger charge is 2.25. The van der Waals surface area contributed by atoms with Gasteiger partial charge in [-0.2, -0.15) is 0 Å². The molecule has 0 aromatic rings. The predicted molar refractivity (Wildman–Crippen MR) is 217 cm³/mol. The summed E-state index contributed by atoms with van der Waals surface area (Å²) in [6, 6.07) is -0.725. The van der Waals surface area contributed by atoms with Gasteiger partial charge in [-0.3, -0.25) is 9.59 Å². The summed E-state index contributed by atoms with van der Waals surface area (Å²) < 4.78 is 17.1. The third-order valence-electron chi connectivity index (χ3n) is 9.23. The van der Waals surface area contributed by atoms with Gasteiger partial charge in [0.25, 0.3) is 0 Å². The van der Waals surface area contributed by atoms with Gasteiger partial charge in [-0.15, -0.1) is 0 Å². The van der Waals surface area contributed by atoms with E-state index in [0.717, 1.165) is 70.6 Å². The van der Waals surface area contributed by atoms with Crippen molar-refractivity contribution in [3.63, 3.8) is 0 Å². The van der Waals surface area contributed by atoms with Crippen LogP contribution in [0, 0.1) is 0 Å². The Bertz CT molecular complexity index is 1010. The van der Waals surface area contributed by atoms with E-state index < -0.39 is 18.1 Å². The van der Waals surface area contributed by atoms with Crippen molar-refractivity contribution in [3.8, 4) is 0 Å². The summed E-state index contributed by atoms with van der Waals surface area (Å²) in [6.07, 6.45) is 41.4. The Balaban J connectivity index is 4.28. The van der Waals surface area contributed by atoms with Gasteiger partial charge < -0.3 is 28.6 Å². The maximum absolute atomic E-state index is 12.7. The van der Waals surface area contributed by atoms with E-state index in [1.807, 2.05) is 0 Å². The molecule has 0 rings (SSSR count). The fourth-order valence-electron chi connectivity index (χ4n) is 5.94. The van der Waals surface area contributed by atoms with Crippen LogP contribution in [0.2, 0.25) is 0 Å². The third-order valence-corrected chi connectivity index (χ3v) is 9.23. The lowest BCUT2D eigenvalue weighted by atomic mass is 10.1. The molecule has 0 aliphatic heterocycles. The molecule has 0 aliphatic rings. The van der Waals surface area contributed by atoms with E-state index in [4.69, 9.17) is 14.2 Å². The molecule has 0 aliphatic carbocycles. The van der Waals surface area contributed by atoms with Crippen molar-refractivity contribution < 1.29 is 38.2 Å². The maximum atomic E-state index is 12.7. The van der Waals surface area contributed by atoms with E-state index in [1.165, 1.54) is 64.2 Å². The average molecular weight is 746 g/mol. The van der Waals surface area contributed by atoms with Crippen molar-refractivity contribution in [1.82, 2.24) is 0 Å². The lowest BCUT2D eigenvalue weighted by Crippen LogP contribution is -2.55. The Hall–Kier alpha value is -2.71. The molecule has 0 amide bonds. The second-order valence-electron chi connectivity index (χ2n) is 15.2. The summed E-state index contributed by atoms with van der Waals surface area (Å²) in [5, 5.41) is 11.6. The summed E-state index contributed by atoms with van der Waals surface area (Å²) in [4.78, 5) is 36.7. The Labute approximate surface area is 325 Å². The molecule has 0 aromatic carbocycles. The highest BCUT2D eigenvalue weighted by Crippen LogP contribution is 2.14. The molecule has 0 heterocycles. The zero-order valence-corrected chi connectivity index (χ0v) is 34.7. The number of aliphatic carboxylic acids is 1. The number of hydrogen-bond donors (Lipinski definition) is 0. The van der Waals surface area contributed by atoms with Gasteiger partial charge in [-0.25, -0.2) is 0 Å². The van der Waals surface area contributed by atoms with Crippen LogP contribution < -0.4 is 5.11 Å². The smallest absolute Gasteiger partial charge is 0.306 e. The van der Waals surface area contributed by atoms with Crippen molar-refractivity contribution >= 4 is 17.9 Å². The molecule has 8 heteroatoms. The van der Waals surface area contributed by atoms with Crippen molar-refractivity contribution in [2.45, 2.75) is 180 Å². The number of quaternary nitrogens is 1. The monoisotopic (exact) mass is 746 g/mol. The standard InChI is InChI=1S/C45H79NO7/c1-6-8-10-12-14-16-17-18-19-20-21-22-23-24-25-26-27-28-30-32-34-36-44(48)53-41(39-51-38-37-42(45(49)50)46(3,4)5)40-52-43(47)35-33-31-29-15-13-11-9-7-2/h8,10,14,16,18-19,21-22,41-42H,6-7,9,11-13,15,17,20,23-40H2,1-5H3/b10-8-,16-14-,19-18-,22-21-. The first-order chi connectivity index (χ1) is 25.6. The van der Waals surface area contributed by atoms with Gasteiger partial charge in [0.2, 0.25) is 0 Å². The number of nitrogens with zero attached hydrogens (tertiary/aromatic N) is 1. The quantitative estimate of drug-likeness (QED) is 0.0270. The van der Waals surface area contributed by atoms with Crippen molar-refractivity contribution in [2.24, 2.45) is 0 Å². The van der Waals surface area contributed by atoms with Gasteiger partial charge in [0, 0.05) is 19.3 Å². The first-order valence-electron chi connectivity index (χ1n) is 21.2. The van der Waals surface area contributed by atoms with Crippen LogP contribution in [0.3, 0.4) is 0 Å². The molecule has 0 spiro atoms. The van der Waals surface area contributed by atoms with Gasteiger partial charge >= 0.3 is 11.9 Å². The molecule has 0 saturated heterocycles. The first-order valence-corrected chi connectivity index (χ1v) is 21.2. The number of esters is 2. The number of unbranched alkanes of at least 4 members (excludes halogenated alkanes) is 15. The average Bonchev–Trinajstić information content (AvgIpc) is 3.11. The number of likely N-dealkylation sites (N-methyl/N-ethyl adjacent to an activating group) is 1. The highest BCUT2D eigenvalue weighted by atomic mass is 16.6. The maximum Gasteiger partial charge on any atom is 0.306 e. The molecule has 2 unspecified atom stereocenters. The van der Waals surface area contributed by atoms with Crippen LogP contribution in [0.25, 0.3) is 0 Å². The second-order valence-corrected chi connectivity index (χ2v) is 15.2. The fraction of sp³-hybridized carbons (Fsp3) is 0.756.